The van der Waals surface area contributed by atoms with Gasteiger partial charge in [-0.15, -0.1) is 0 Å². The van der Waals surface area contributed by atoms with Crippen molar-refractivity contribution in [1.82, 2.24) is 0 Å². The lowest BCUT2D eigenvalue weighted by Gasteiger charge is -2.62. The van der Waals surface area contributed by atoms with E-state index in [0.717, 1.165) is 7.14 Å². The maximum Gasteiger partial charge on any atom is 0.364 e. The van der Waals surface area contributed by atoms with Crippen molar-refractivity contribution in [3.63, 3.8) is 0 Å². The highest BCUT2D eigenvalue weighted by Gasteiger charge is 2.69. The molecule has 198 valence electrons. The molecule has 0 amide bonds. The lowest BCUT2D eigenvalue weighted by atomic mass is 9.47. The van der Waals surface area contributed by atoms with E-state index in [2.05, 4.69) is 45.2 Å². The van der Waals surface area contributed by atoms with Crippen molar-refractivity contribution >= 4 is 67.2 Å². The predicted molar refractivity (Wildman–Crippen MR) is 132 cm³/mol. The van der Waals surface area contributed by atoms with Crippen LogP contribution >= 0.6 is 45.2 Å². The molecule has 1 aliphatic heterocycles. The summed E-state index contributed by atoms with van der Waals surface area (Å²) in [6, 6.07) is 3.50. The first-order chi connectivity index (χ1) is 16.7. The summed E-state index contributed by atoms with van der Waals surface area (Å²) in [5, 5.41) is -5.11. The first-order valence-electron chi connectivity index (χ1n) is 11.2. The number of esters is 2. The molecule has 0 N–H and O–H groups in total. The van der Waals surface area contributed by atoms with Crippen LogP contribution in [0.4, 0.5) is 13.2 Å². The smallest absolute Gasteiger partial charge is 0.364 e. The molecular weight excluding hydrogens is 735 g/mol. The SMILES string of the molecule is O=C1OC2(Oc3cc(I)c(I)cc31)C1CC3CC2CC(C(=O)OCCC(F)C(F)(F)S(=O)(=O)[O-])(C3)C1. The van der Waals surface area contributed by atoms with Crippen LogP contribution in [0.5, 0.6) is 5.75 Å². The standard InChI is InChI=1S/C22H21F3I2O8S/c23-17(22(24,25)36(30,31)32)1-2-33-19(29)20-7-10-3-11(8-20)21(12(4-10)9-20)34-16-6-15(27)14(26)5-13(16)18(28)35-21/h5-6,10-12,17H,1-4,7-9H2,(H,30,31,32)/p-1. The van der Waals surface area contributed by atoms with Crippen molar-refractivity contribution < 1.29 is 49.9 Å². The molecule has 1 spiro atoms. The van der Waals surface area contributed by atoms with Gasteiger partial charge < -0.3 is 18.8 Å². The van der Waals surface area contributed by atoms with Crippen LogP contribution in [-0.4, -0.2) is 48.7 Å². The maximum absolute atomic E-state index is 13.8. The van der Waals surface area contributed by atoms with Gasteiger partial charge in [0.25, 0.3) is 5.79 Å². The highest BCUT2D eigenvalue weighted by molar-refractivity contribution is 14.1. The van der Waals surface area contributed by atoms with Gasteiger partial charge in [0.15, 0.2) is 16.3 Å². The number of hydrogen-bond acceptors (Lipinski definition) is 8. The summed E-state index contributed by atoms with van der Waals surface area (Å²) in [4.78, 5) is 26.0. The number of alkyl halides is 3. The van der Waals surface area contributed by atoms with Gasteiger partial charge in [0.05, 0.1) is 12.0 Å². The van der Waals surface area contributed by atoms with Crippen molar-refractivity contribution in [2.75, 3.05) is 6.61 Å². The van der Waals surface area contributed by atoms with Gasteiger partial charge in [0, 0.05) is 25.4 Å². The van der Waals surface area contributed by atoms with E-state index in [1.807, 2.05) is 0 Å². The van der Waals surface area contributed by atoms with Crippen molar-refractivity contribution in [1.29, 1.82) is 0 Å². The first kappa shape index (κ1) is 26.7. The third-order valence-corrected chi connectivity index (χ3v) is 11.6. The van der Waals surface area contributed by atoms with E-state index >= 15 is 0 Å². The Labute approximate surface area is 232 Å². The van der Waals surface area contributed by atoms with E-state index in [1.165, 1.54) is 0 Å². The Kier molecular flexibility index (Phi) is 6.55. The third kappa shape index (κ3) is 4.12. The number of benzene rings is 1. The molecule has 0 aromatic heterocycles. The maximum atomic E-state index is 13.8. The summed E-state index contributed by atoms with van der Waals surface area (Å²) < 4.78 is 91.6. The van der Waals surface area contributed by atoms with E-state index in [4.69, 9.17) is 14.2 Å². The number of halogens is 5. The second kappa shape index (κ2) is 8.83. The molecular formula is C22H20F3I2O8S-. The Hall–Kier alpha value is -0.880. The summed E-state index contributed by atoms with van der Waals surface area (Å²) in [7, 11) is -6.19. The van der Waals surface area contributed by atoms with Crippen LogP contribution in [0.25, 0.3) is 0 Å². The lowest BCUT2D eigenvalue weighted by Crippen LogP contribution is -2.67. The molecule has 4 fully saturated rings. The highest BCUT2D eigenvalue weighted by Crippen LogP contribution is 2.66. The number of fused-ring (bicyclic) bond motifs is 1. The average Bonchev–Trinajstić information content (AvgIpc) is 2.77. The Morgan fingerprint density at radius 1 is 1.17 bits per heavy atom. The number of hydrogen-bond donors (Lipinski definition) is 0. The monoisotopic (exact) mass is 755 g/mol. The van der Waals surface area contributed by atoms with Crippen LogP contribution in [-0.2, 0) is 24.4 Å². The number of rotatable bonds is 6. The Morgan fingerprint density at radius 2 is 1.78 bits per heavy atom. The summed E-state index contributed by atoms with van der Waals surface area (Å²) in [6.45, 7) is -0.798. The van der Waals surface area contributed by atoms with Gasteiger partial charge >= 0.3 is 17.2 Å². The molecule has 4 bridgehead atoms. The quantitative estimate of drug-likeness (QED) is 0.239. The summed E-state index contributed by atoms with van der Waals surface area (Å²) >= 11 is 4.27. The molecule has 8 nitrogen and oxygen atoms in total. The minimum absolute atomic E-state index is 0.144. The van der Waals surface area contributed by atoms with Crippen molar-refractivity contribution in [3.8, 4) is 5.75 Å². The molecule has 3 atom stereocenters. The van der Waals surface area contributed by atoms with E-state index in [-0.39, 0.29) is 30.6 Å². The van der Waals surface area contributed by atoms with Crippen molar-refractivity contribution in [2.24, 2.45) is 23.2 Å². The van der Waals surface area contributed by atoms with Crippen molar-refractivity contribution in [3.05, 3.63) is 24.8 Å². The van der Waals surface area contributed by atoms with E-state index in [0.29, 0.717) is 30.6 Å². The zero-order valence-electron chi connectivity index (χ0n) is 18.5. The normalized spacial score (nSPS) is 33.6. The zero-order valence-corrected chi connectivity index (χ0v) is 23.6. The molecule has 36 heavy (non-hydrogen) atoms. The van der Waals surface area contributed by atoms with Gasteiger partial charge in [-0.1, -0.05) is 0 Å². The topological polar surface area (TPSA) is 119 Å². The molecule has 1 aromatic carbocycles. The Bertz CT molecular complexity index is 1220. The van der Waals surface area contributed by atoms with Gasteiger partial charge in [-0.25, -0.2) is 17.6 Å². The molecule has 4 saturated carbocycles. The fourth-order valence-electron chi connectivity index (χ4n) is 6.41. The molecule has 1 aromatic rings. The second-order valence-electron chi connectivity index (χ2n) is 10.0. The van der Waals surface area contributed by atoms with E-state index < -0.39 is 57.7 Å². The summed E-state index contributed by atoms with van der Waals surface area (Å²) in [5.41, 5.74) is -0.622. The third-order valence-electron chi connectivity index (χ3n) is 7.83. The zero-order chi connectivity index (χ0) is 26.3. The number of ether oxygens (including phenoxy) is 3. The molecule has 5 aliphatic rings. The van der Waals surface area contributed by atoms with Crippen molar-refractivity contribution in [2.45, 2.75) is 55.7 Å². The Balaban J connectivity index is 1.31. The number of carbonyl (C=O) groups is 2. The Morgan fingerprint density at radius 3 is 2.39 bits per heavy atom. The molecule has 4 aliphatic carbocycles. The van der Waals surface area contributed by atoms with Crippen LogP contribution in [0, 0.1) is 30.3 Å². The summed E-state index contributed by atoms with van der Waals surface area (Å²) in [6.07, 6.45) is -2.01. The predicted octanol–water partition coefficient (Wildman–Crippen LogP) is 4.38. The molecule has 14 heteroatoms. The van der Waals surface area contributed by atoms with Crippen LogP contribution in [0.3, 0.4) is 0 Å². The molecule has 0 radical (unpaired) electrons. The highest BCUT2D eigenvalue weighted by atomic mass is 127. The second-order valence-corrected chi connectivity index (χ2v) is 13.8. The van der Waals surface area contributed by atoms with Crippen LogP contribution in [0.15, 0.2) is 12.1 Å². The van der Waals surface area contributed by atoms with Gasteiger partial charge in [-0.2, -0.15) is 8.78 Å². The van der Waals surface area contributed by atoms with E-state index in [9.17, 15) is 35.7 Å². The van der Waals surface area contributed by atoms with Gasteiger partial charge in [-0.3, -0.25) is 4.79 Å². The molecule has 3 unspecified atom stereocenters. The average molecular weight is 755 g/mol. The number of carbonyl (C=O) groups excluding carboxylic acids is 2. The molecule has 1 heterocycles. The van der Waals surface area contributed by atoms with Crippen LogP contribution in [0.1, 0.15) is 48.9 Å². The lowest BCUT2D eigenvalue weighted by molar-refractivity contribution is -0.294. The minimum atomic E-state index is -6.19. The van der Waals surface area contributed by atoms with Gasteiger partial charge in [-0.05, 0) is 95.3 Å². The fraction of sp³-hybridized carbons (Fsp3) is 0.636. The molecule has 6 rings (SSSR count). The minimum Gasteiger partial charge on any atom is -0.743 e. The van der Waals surface area contributed by atoms with Crippen LogP contribution < -0.4 is 4.74 Å². The largest absolute Gasteiger partial charge is 0.743 e. The molecule has 0 saturated heterocycles. The first-order valence-corrected chi connectivity index (χ1v) is 14.8. The fourth-order valence-corrected chi connectivity index (χ4v) is 7.74. The summed E-state index contributed by atoms with van der Waals surface area (Å²) in [5.74, 6) is -2.41. The van der Waals surface area contributed by atoms with Gasteiger partial charge in [0.2, 0.25) is 0 Å². The van der Waals surface area contributed by atoms with E-state index in [1.54, 1.807) is 12.1 Å². The van der Waals surface area contributed by atoms with Gasteiger partial charge in [0.1, 0.15) is 11.3 Å². The van der Waals surface area contributed by atoms with Crippen LogP contribution in [0.2, 0.25) is 0 Å².